The van der Waals surface area contributed by atoms with Gasteiger partial charge in [-0.1, -0.05) is 62.8 Å². The first-order chi connectivity index (χ1) is 11.7. The number of hydrogen-bond donors (Lipinski definition) is 0. The zero-order valence-corrected chi connectivity index (χ0v) is 18.9. The molecule has 1 heteroatoms. The van der Waals surface area contributed by atoms with Gasteiger partial charge in [-0.25, -0.2) is 0 Å². The summed E-state index contributed by atoms with van der Waals surface area (Å²) < 4.78 is 0. The normalized spacial score (nSPS) is 50.5. The highest BCUT2D eigenvalue weighted by molar-refractivity contribution is 7.59. The average Bonchev–Trinajstić information content (AvgIpc) is 2.56. The lowest BCUT2D eigenvalue weighted by atomic mass is 9.45. The average molecular weight is 363 g/mol. The minimum Gasteiger partial charge on any atom is -0.0998 e. The van der Waals surface area contributed by atoms with E-state index < -0.39 is 0 Å². The highest BCUT2D eigenvalue weighted by Gasteiger charge is 2.61. The molecule has 0 nitrogen and oxygen atoms in total. The van der Waals surface area contributed by atoms with Gasteiger partial charge >= 0.3 is 0 Å². The van der Waals surface area contributed by atoms with Crippen molar-refractivity contribution in [2.75, 3.05) is 6.16 Å². The van der Waals surface area contributed by atoms with Crippen LogP contribution in [-0.4, -0.2) is 17.5 Å². The summed E-state index contributed by atoms with van der Waals surface area (Å²) in [6, 6.07) is 0. The number of unbranched alkanes of at least 4 members (excludes halogenated alkanes) is 1. The Bertz CT molecular complexity index is 464. The molecule has 0 aliphatic heterocycles. The van der Waals surface area contributed by atoms with E-state index in [4.69, 9.17) is 0 Å². The van der Waals surface area contributed by atoms with Crippen LogP contribution in [0.2, 0.25) is 0 Å². The Morgan fingerprint density at radius 3 is 1.52 bits per heavy atom. The molecular formula is C24H43P. The molecule has 6 rings (SSSR count). The summed E-state index contributed by atoms with van der Waals surface area (Å²) in [5, 5.41) is 0. The van der Waals surface area contributed by atoms with Crippen LogP contribution in [0.5, 0.6) is 0 Å². The van der Waals surface area contributed by atoms with Gasteiger partial charge in [0.2, 0.25) is 0 Å². The molecule has 0 heterocycles. The molecule has 6 fully saturated rings. The summed E-state index contributed by atoms with van der Waals surface area (Å²) in [7, 11) is 0.243. The van der Waals surface area contributed by atoms with Crippen LogP contribution in [-0.2, 0) is 0 Å². The Balaban J connectivity index is 1.54. The van der Waals surface area contributed by atoms with Gasteiger partial charge < -0.3 is 0 Å². The Morgan fingerprint density at radius 1 is 0.760 bits per heavy atom. The van der Waals surface area contributed by atoms with Crippen molar-refractivity contribution in [2.45, 2.75) is 98.3 Å². The van der Waals surface area contributed by atoms with Gasteiger partial charge in [0.05, 0.1) is 0 Å². The molecule has 8 unspecified atom stereocenters. The zero-order chi connectivity index (χ0) is 18.1. The van der Waals surface area contributed by atoms with Crippen molar-refractivity contribution in [1.29, 1.82) is 0 Å². The first-order valence-electron chi connectivity index (χ1n) is 11.4. The Labute approximate surface area is 159 Å². The quantitative estimate of drug-likeness (QED) is 0.447. The molecule has 6 aliphatic carbocycles. The summed E-state index contributed by atoms with van der Waals surface area (Å²) in [6.45, 7) is 18.0. The standard InChI is InChI=1S/C24H43P/c1-8-9-10-25(21-13-17-11-19(15(21)2)23(17,4)5)22-14-18-12-20(16(22)3)24(18,6)7/h15-22H,8-14H2,1-7H3. The van der Waals surface area contributed by atoms with Gasteiger partial charge in [0.15, 0.2) is 0 Å². The largest absolute Gasteiger partial charge is 0.0998 e. The first-order valence-corrected chi connectivity index (χ1v) is 13.1. The summed E-state index contributed by atoms with van der Waals surface area (Å²) in [6.07, 6.45) is 10.8. The van der Waals surface area contributed by atoms with Crippen LogP contribution in [0.3, 0.4) is 0 Å². The molecule has 4 bridgehead atoms. The van der Waals surface area contributed by atoms with Gasteiger partial charge in [-0.15, -0.1) is 0 Å². The first kappa shape index (κ1) is 18.8. The molecule has 0 amide bonds. The Morgan fingerprint density at radius 2 is 1.20 bits per heavy atom. The second kappa shape index (κ2) is 6.22. The maximum atomic E-state index is 2.66. The second-order valence-corrected chi connectivity index (χ2v) is 14.4. The summed E-state index contributed by atoms with van der Waals surface area (Å²) in [4.78, 5) is 0. The van der Waals surface area contributed by atoms with Gasteiger partial charge in [-0.3, -0.25) is 0 Å². The van der Waals surface area contributed by atoms with E-state index in [1.54, 1.807) is 31.8 Å². The van der Waals surface area contributed by atoms with Gasteiger partial charge in [0.1, 0.15) is 0 Å². The summed E-state index contributed by atoms with van der Waals surface area (Å²) in [5.41, 5.74) is 3.52. The molecular weight excluding hydrogens is 319 g/mol. The van der Waals surface area contributed by atoms with Gasteiger partial charge in [-0.05, 0) is 95.9 Å². The van der Waals surface area contributed by atoms with Crippen molar-refractivity contribution < 1.29 is 0 Å². The maximum absolute atomic E-state index is 2.66. The van der Waals surface area contributed by atoms with Crippen molar-refractivity contribution in [3.63, 3.8) is 0 Å². The van der Waals surface area contributed by atoms with Crippen molar-refractivity contribution >= 4 is 7.92 Å². The number of rotatable bonds is 5. The lowest BCUT2D eigenvalue weighted by Gasteiger charge is -2.67. The van der Waals surface area contributed by atoms with Crippen LogP contribution in [0.4, 0.5) is 0 Å². The van der Waals surface area contributed by atoms with E-state index in [0.717, 1.165) is 46.8 Å². The molecule has 6 aliphatic rings. The topological polar surface area (TPSA) is 0 Å². The summed E-state index contributed by atoms with van der Waals surface area (Å²) >= 11 is 0. The van der Waals surface area contributed by atoms with Crippen LogP contribution in [0.1, 0.15) is 87.0 Å². The molecule has 0 aromatic rings. The van der Waals surface area contributed by atoms with E-state index in [2.05, 4.69) is 48.5 Å². The monoisotopic (exact) mass is 362 g/mol. The highest BCUT2D eigenvalue weighted by atomic mass is 31.1. The fourth-order valence-electron chi connectivity index (χ4n) is 8.04. The molecule has 0 saturated heterocycles. The van der Waals surface area contributed by atoms with E-state index in [1.165, 1.54) is 12.8 Å². The predicted molar refractivity (Wildman–Crippen MR) is 113 cm³/mol. The Kier molecular flexibility index (Phi) is 4.67. The molecule has 0 aromatic carbocycles. The van der Waals surface area contributed by atoms with Gasteiger partial charge in [-0.2, -0.15) is 0 Å². The van der Waals surface area contributed by atoms with E-state index in [-0.39, 0.29) is 7.92 Å². The van der Waals surface area contributed by atoms with Crippen LogP contribution in [0.15, 0.2) is 0 Å². The predicted octanol–water partition coefficient (Wildman–Crippen LogP) is 7.41. The lowest BCUT2D eigenvalue weighted by molar-refractivity contribution is -0.102. The van der Waals surface area contributed by atoms with Crippen molar-refractivity contribution in [2.24, 2.45) is 46.3 Å². The third-order valence-electron chi connectivity index (χ3n) is 10.2. The Hall–Kier alpha value is 0.430. The van der Waals surface area contributed by atoms with Crippen molar-refractivity contribution in [3.05, 3.63) is 0 Å². The van der Waals surface area contributed by atoms with E-state index >= 15 is 0 Å². The third-order valence-corrected chi connectivity index (χ3v) is 14.1. The second-order valence-electron chi connectivity index (χ2n) is 11.6. The molecule has 8 atom stereocenters. The van der Waals surface area contributed by atoms with Gasteiger partial charge in [0.25, 0.3) is 0 Å². The molecule has 25 heavy (non-hydrogen) atoms. The number of hydrogen-bond acceptors (Lipinski definition) is 0. The van der Waals surface area contributed by atoms with Crippen molar-refractivity contribution in [3.8, 4) is 0 Å². The molecule has 6 saturated carbocycles. The van der Waals surface area contributed by atoms with E-state index in [9.17, 15) is 0 Å². The van der Waals surface area contributed by atoms with E-state index in [1.807, 2.05) is 0 Å². The van der Waals surface area contributed by atoms with Crippen LogP contribution < -0.4 is 0 Å². The van der Waals surface area contributed by atoms with Crippen LogP contribution in [0, 0.1) is 46.3 Å². The molecule has 0 spiro atoms. The van der Waals surface area contributed by atoms with Crippen LogP contribution in [0.25, 0.3) is 0 Å². The van der Waals surface area contributed by atoms with Crippen LogP contribution >= 0.6 is 7.92 Å². The molecule has 0 N–H and O–H groups in total. The van der Waals surface area contributed by atoms with E-state index in [0.29, 0.717) is 10.8 Å². The smallest absolute Gasteiger partial charge is 0.0175 e. The fraction of sp³-hybridized carbons (Fsp3) is 1.00. The van der Waals surface area contributed by atoms with Crippen molar-refractivity contribution in [1.82, 2.24) is 0 Å². The van der Waals surface area contributed by atoms with Gasteiger partial charge in [0, 0.05) is 0 Å². The maximum Gasteiger partial charge on any atom is -0.0175 e. The summed E-state index contributed by atoms with van der Waals surface area (Å²) in [5.74, 6) is 6.17. The highest BCUT2D eigenvalue weighted by Crippen LogP contribution is 2.73. The molecule has 0 radical (unpaired) electrons. The third kappa shape index (κ3) is 2.62. The SMILES string of the molecule is CCCCP(C1CC2CC(C1C)C2(C)C)C1CC2CC(C1C)C2(C)C. The zero-order valence-electron chi connectivity index (χ0n) is 18.0. The molecule has 144 valence electrons. The number of fused-ring (bicyclic) bond motifs is 4. The lowest BCUT2D eigenvalue weighted by Crippen LogP contribution is -2.59. The molecule has 0 aromatic heterocycles. The fourth-order valence-corrected chi connectivity index (χ4v) is 12.5. The minimum absolute atomic E-state index is 0.243. The minimum atomic E-state index is 0.243.